The second-order valence-corrected chi connectivity index (χ2v) is 10.6. The highest BCUT2D eigenvalue weighted by Crippen LogP contribution is 2.37. The number of aromatic nitrogens is 3. The lowest BCUT2D eigenvalue weighted by molar-refractivity contribution is -0.124. The first-order valence-corrected chi connectivity index (χ1v) is 13.1. The van der Waals surface area contributed by atoms with Gasteiger partial charge in [0, 0.05) is 23.3 Å². The Kier molecular flexibility index (Phi) is 7.15. The van der Waals surface area contributed by atoms with Crippen molar-refractivity contribution in [3.05, 3.63) is 41.3 Å². The Morgan fingerprint density at radius 2 is 1.95 bits per heavy atom. The van der Waals surface area contributed by atoms with Crippen LogP contribution in [0.15, 0.2) is 24.5 Å². The highest BCUT2D eigenvalue weighted by atomic mass is 16.5. The van der Waals surface area contributed by atoms with E-state index in [1.807, 2.05) is 26.0 Å². The third-order valence-corrected chi connectivity index (χ3v) is 7.55. The summed E-state index contributed by atoms with van der Waals surface area (Å²) in [4.78, 5) is 37.5. The second kappa shape index (κ2) is 10.5. The lowest BCUT2D eigenvalue weighted by Crippen LogP contribution is -2.48. The molecular weight excluding hydrogens is 470 g/mol. The molecule has 2 fully saturated rings. The van der Waals surface area contributed by atoms with Gasteiger partial charge in [0.15, 0.2) is 0 Å². The Morgan fingerprint density at radius 3 is 2.68 bits per heavy atom. The number of aryl methyl sites for hydroxylation is 2. The zero-order valence-corrected chi connectivity index (χ0v) is 21.6. The highest BCUT2D eigenvalue weighted by molar-refractivity contribution is 6.09. The van der Waals surface area contributed by atoms with Gasteiger partial charge in [-0.1, -0.05) is 18.6 Å². The first kappa shape index (κ1) is 25.2. The van der Waals surface area contributed by atoms with Crippen LogP contribution in [0.3, 0.4) is 0 Å². The van der Waals surface area contributed by atoms with Crippen molar-refractivity contribution in [2.24, 2.45) is 11.8 Å². The van der Waals surface area contributed by atoms with Crippen molar-refractivity contribution in [2.75, 3.05) is 13.2 Å². The Labute approximate surface area is 216 Å². The number of ether oxygens (including phenoxy) is 1. The largest absolute Gasteiger partial charge is 0.493 e. The third-order valence-electron chi connectivity index (χ3n) is 7.55. The molecule has 2 aliphatic rings. The van der Waals surface area contributed by atoms with E-state index in [2.05, 4.69) is 38.6 Å². The van der Waals surface area contributed by atoms with E-state index in [-0.39, 0.29) is 29.8 Å². The second-order valence-electron chi connectivity index (χ2n) is 10.6. The predicted octanol–water partition coefficient (Wildman–Crippen LogP) is 3.43. The number of benzene rings is 1. The van der Waals surface area contributed by atoms with E-state index >= 15 is 0 Å². The van der Waals surface area contributed by atoms with Gasteiger partial charge in [-0.3, -0.25) is 9.59 Å². The van der Waals surface area contributed by atoms with Crippen LogP contribution in [-0.4, -0.2) is 57.2 Å². The maximum absolute atomic E-state index is 13.5. The summed E-state index contributed by atoms with van der Waals surface area (Å²) in [5.74, 6) is 1.06. The Balaban J connectivity index is 1.39. The van der Waals surface area contributed by atoms with Crippen LogP contribution in [0.2, 0.25) is 0 Å². The predicted molar refractivity (Wildman–Crippen MR) is 140 cm³/mol. The lowest BCUT2D eigenvalue weighted by atomic mass is 9.82. The highest BCUT2D eigenvalue weighted by Gasteiger charge is 2.31. The fourth-order valence-electron chi connectivity index (χ4n) is 5.31. The van der Waals surface area contributed by atoms with Crippen molar-refractivity contribution < 1.29 is 19.4 Å². The molecule has 0 spiro atoms. The summed E-state index contributed by atoms with van der Waals surface area (Å²) in [6, 6.07) is 6.09. The number of rotatable bonds is 8. The Hall–Kier alpha value is -3.46. The molecule has 196 valence electrons. The summed E-state index contributed by atoms with van der Waals surface area (Å²) in [5.41, 5.74) is 5.27. The minimum atomic E-state index is -0.509. The molecule has 0 unspecified atom stereocenters. The van der Waals surface area contributed by atoms with E-state index < -0.39 is 6.61 Å². The maximum Gasteiger partial charge on any atom is 0.255 e. The molecule has 4 N–H and O–H groups in total. The van der Waals surface area contributed by atoms with Crippen molar-refractivity contribution in [1.82, 2.24) is 25.6 Å². The molecular formula is C28H35N5O4. The quantitative estimate of drug-likeness (QED) is 0.371. The average Bonchev–Trinajstić information content (AvgIpc) is 3.64. The molecule has 5 rings (SSSR count). The molecule has 0 saturated heterocycles. The maximum atomic E-state index is 13.5. The van der Waals surface area contributed by atoms with Gasteiger partial charge in [0.2, 0.25) is 5.91 Å². The SMILES string of the molecule is Cc1ccc(OCC2CC2)c(-c2ncnc3c(C(=O)N[C@@H]4CC[C@@H](NC(=O)CO)C[C@H]4C)c(C)[nH]c23)c1. The summed E-state index contributed by atoms with van der Waals surface area (Å²) in [7, 11) is 0. The number of hydrogen-bond donors (Lipinski definition) is 4. The number of fused-ring (bicyclic) bond motifs is 1. The number of aliphatic hydroxyl groups is 1. The summed E-state index contributed by atoms with van der Waals surface area (Å²) in [6.45, 7) is 6.19. The minimum Gasteiger partial charge on any atom is -0.493 e. The zero-order valence-electron chi connectivity index (χ0n) is 21.6. The molecule has 3 aromatic rings. The number of amides is 2. The summed E-state index contributed by atoms with van der Waals surface area (Å²) in [5, 5.41) is 15.1. The number of aliphatic hydroxyl groups excluding tert-OH is 1. The molecule has 0 aliphatic heterocycles. The molecule has 2 aliphatic carbocycles. The fourth-order valence-corrected chi connectivity index (χ4v) is 5.31. The van der Waals surface area contributed by atoms with Gasteiger partial charge < -0.3 is 25.5 Å². The van der Waals surface area contributed by atoms with Crippen LogP contribution < -0.4 is 15.4 Å². The van der Waals surface area contributed by atoms with Crippen LogP contribution >= 0.6 is 0 Å². The first-order chi connectivity index (χ1) is 17.8. The molecule has 2 heterocycles. The van der Waals surface area contributed by atoms with E-state index in [1.54, 1.807) is 0 Å². The lowest BCUT2D eigenvalue weighted by Gasteiger charge is -2.35. The number of hydrogen-bond acceptors (Lipinski definition) is 6. The molecule has 0 bridgehead atoms. The van der Waals surface area contributed by atoms with Crippen molar-refractivity contribution in [3.8, 4) is 17.0 Å². The van der Waals surface area contributed by atoms with Gasteiger partial charge in [-0.25, -0.2) is 9.97 Å². The van der Waals surface area contributed by atoms with E-state index in [0.717, 1.165) is 53.0 Å². The van der Waals surface area contributed by atoms with Crippen molar-refractivity contribution in [3.63, 3.8) is 0 Å². The van der Waals surface area contributed by atoms with E-state index in [4.69, 9.17) is 9.84 Å². The van der Waals surface area contributed by atoms with Crippen LogP contribution in [-0.2, 0) is 4.79 Å². The number of nitrogens with zero attached hydrogens (tertiary/aromatic N) is 2. The van der Waals surface area contributed by atoms with Crippen molar-refractivity contribution in [2.45, 2.75) is 65.0 Å². The van der Waals surface area contributed by atoms with Crippen molar-refractivity contribution >= 4 is 22.8 Å². The first-order valence-electron chi connectivity index (χ1n) is 13.1. The van der Waals surface area contributed by atoms with E-state index in [0.29, 0.717) is 23.6 Å². The Morgan fingerprint density at radius 1 is 1.14 bits per heavy atom. The van der Waals surface area contributed by atoms with Crippen LogP contribution in [0.5, 0.6) is 5.75 Å². The summed E-state index contributed by atoms with van der Waals surface area (Å²) < 4.78 is 6.16. The van der Waals surface area contributed by atoms with Crippen LogP contribution in [0.25, 0.3) is 22.3 Å². The van der Waals surface area contributed by atoms with Crippen LogP contribution in [0.4, 0.5) is 0 Å². The van der Waals surface area contributed by atoms with Gasteiger partial charge in [0.05, 0.1) is 17.7 Å². The molecule has 9 heteroatoms. The van der Waals surface area contributed by atoms with Gasteiger partial charge in [-0.2, -0.15) is 0 Å². The number of carbonyl (C=O) groups excluding carboxylic acids is 2. The van der Waals surface area contributed by atoms with Crippen LogP contribution in [0, 0.1) is 25.7 Å². The number of H-pyrrole nitrogens is 1. The topological polar surface area (TPSA) is 129 Å². The van der Waals surface area contributed by atoms with E-state index in [9.17, 15) is 9.59 Å². The minimum absolute atomic E-state index is 0.0126. The number of aromatic amines is 1. The number of carbonyl (C=O) groups is 2. The van der Waals surface area contributed by atoms with Gasteiger partial charge in [0.1, 0.15) is 29.9 Å². The molecule has 2 saturated carbocycles. The molecule has 1 aromatic carbocycles. The van der Waals surface area contributed by atoms with Crippen molar-refractivity contribution in [1.29, 1.82) is 0 Å². The molecule has 0 radical (unpaired) electrons. The standard InChI is InChI=1S/C28H35N5O4/c1-15-4-9-22(37-13-18-5-6-18)20(10-15)25-27-26(30-14-29-25)24(17(3)31-27)28(36)33-21-8-7-19(11-16(21)2)32-23(35)12-34/h4,9-10,14,16,18-19,21,31,34H,5-8,11-13H2,1-3H3,(H,32,35)(H,33,36)/t16-,19-,21-/m1/s1. The smallest absolute Gasteiger partial charge is 0.255 e. The Bertz CT molecular complexity index is 1320. The molecule has 2 aromatic heterocycles. The van der Waals surface area contributed by atoms with Gasteiger partial charge >= 0.3 is 0 Å². The monoisotopic (exact) mass is 505 g/mol. The summed E-state index contributed by atoms with van der Waals surface area (Å²) >= 11 is 0. The summed E-state index contributed by atoms with van der Waals surface area (Å²) in [6.07, 6.45) is 6.17. The molecule has 3 atom stereocenters. The molecule has 9 nitrogen and oxygen atoms in total. The zero-order chi connectivity index (χ0) is 26.1. The number of nitrogens with one attached hydrogen (secondary N) is 3. The van der Waals surface area contributed by atoms with E-state index in [1.165, 1.54) is 19.2 Å². The fraction of sp³-hybridized carbons (Fsp3) is 0.500. The molecule has 37 heavy (non-hydrogen) atoms. The van der Waals surface area contributed by atoms with Gasteiger partial charge in [-0.15, -0.1) is 0 Å². The van der Waals surface area contributed by atoms with Crippen LogP contribution in [0.1, 0.15) is 60.6 Å². The normalized spacial score (nSPS) is 21.6. The molecule has 2 amide bonds. The third kappa shape index (κ3) is 5.46. The van der Waals surface area contributed by atoms with Gasteiger partial charge in [0.25, 0.3) is 5.91 Å². The van der Waals surface area contributed by atoms with Gasteiger partial charge in [-0.05, 0) is 69.9 Å². The average molecular weight is 506 g/mol.